The van der Waals surface area contributed by atoms with Crippen LogP contribution >= 0.6 is 34.5 Å². The molecule has 4 aromatic rings. The molecule has 0 aliphatic heterocycles. The number of benzene rings is 2. The Morgan fingerprint density at radius 3 is 2.79 bits per heavy atom. The fourth-order valence-electron chi connectivity index (χ4n) is 2.70. The van der Waals surface area contributed by atoms with Crippen molar-refractivity contribution in [1.29, 1.82) is 0 Å². The Morgan fingerprint density at radius 1 is 1.18 bits per heavy atom. The third kappa shape index (κ3) is 3.56. The number of hydrogen-bond donors (Lipinski definition) is 1. The highest BCUT2D eigenvalue weighted by Gasteiger charge is 2.17. The van der Waals surface area contributed by atoms with Crippen LogP contribution in [0.25, 0.3) is 15.3 Å². The second kappa shape index (κ2) is 7.43. The van der Waals surface area contributed by atoms with E-state index in [1.807, 2.05) is 25.1 Å². The molecule has 6 nitrogen and oxygen atoms in total. The summed E-state index contributed by atoms with van der Waals surface area (Å²) in [6.45, 7) is 1.84. The summed E-state index contributed by atoms with van der Waals surface area (Å²) >= 11 is 13.6. The molecule has 4 rings (SSSR count). The van der Waals surface area contributed by atoms with E-state index in [4.69, 9.17) is 27.9 Å². The number of anilines is 1. The first-order chi connectivity index (χ1) is 13.4. The van der Waals surface area contributed by atoms with Gasteiger partial charge in [-0.2, -0.15) is 9.78 Å². The minimum Gasteiger partial charge on any atom is -0.497 e. The number of fused-ring (bicyclic) bond motifs is 1. The molecule has 0 saturated carbocycles. The van der Waals surface area contributed by atoms with Crippen LogP contribution in [0.3, 0.4) is 0 Å². The molecular weight excluding hydrogens is 419 g/mol. The maximum Gasteiger partial charge on any atom is 0.258 e. The second-order valence-electron chi connectivity index (χ2n) is 5.99. The normalized spacial score (nSPS) is 11.0. The Morgan fingerprint density at radius 2 is 2.00 bits per heavy atom. The van der Waals surface area contributed by atoms with Crippen LogP contribution < -0.4 is 10.1 Å². The first-order valence-electron chi connectivity index (χ1n) is 8.22. The van der Waals surface area contributed by atoms with E-state index in [0.717, 1.165) is 21.7 Å². The summed E-state index contributed by atoms with van der Waals surface area (Å²) in [4.78, 5) is 17.3. The number of methoxy groups -OCH3 is 1. The molecule has 28 heavy (non-hydrogen) atoms. The molecule has 0 radical (unpaired) electrons. The van der Waals surface area contributed by atoms with Gasteiger partial charge in [-0.3, -0.25) is 4.79 Å². The van der Waals surface area contributed by atoms with Crippen molar-refractivity contribution in [2.24, 2.45) is 0 Å². The van der Waals surface area contributed by atoms with Crippen LogP contribution in [0.5, 0.6) is 5.75 Å². The van der Waals surface area contributed by atoms with Crippen LogP contribution in [0.2, 0.25) is 10.0 Å². The molecule has 0 bridgehead atoms. The third-order valence-corrected chi connectivity index (χ3v) is 5.59. The largest absolute Gasteiger partial charge is 0.497 e. The Balaban J connectivity index is 1.71. The Bertz CT molecular complexity index is 1200. The number of aryl methyl sites for hydroxylation is 1. The molecule has 1 amide bonds. The summed E-state index contributed by atoms with van der Waals surface area (Å²) in [5.41, 5.74) is 1.82. The Kier molecular flexibility index (Phi) is 4.97. The molecular formula is C19H14Cl2N4O2S. The van der Waals surface area contributed by atoms with Crippen molar-refractivity contribution in [3.8, 4) is 10.9 Å². The van der Waals surface area contributed by atoms with Crippen LogP contribution in [-0.4, -0.2) is 27.8 Å². The number of ether oxygens (including phenoxy) is 1. The summed E-state index contributed by atoms with van der Waals surface area (Å²) in [5, 5.41) is 8.68. The molecule has 9 heteroatoms. The van der Waals surface area contributed by atoms with E-state index in [2.05, 4.69) is 15.4 Å². The molecule has 1 N–H and O–H groups in total. The lowest BCUT2D eigenvalue weighted by atomic mass is 10.2. The quantitative estimate of drug-likeness (QED) is 0.471. The number of thiazole rings is 1. The summed E-state index contributed by atoms with van der Waals surface area (Å²) in [6, 6.07) is 12.2. The zero-order valence-electron chi connectivity index (χ0n) is 14.9. The predicted molar refractivity (Wildman–Crippen MR) is 112 cm³/mol. The van der Waals surface area contributed by atoms with E-state index in [0.29, 0.717) is 21.0 Å². The average molecular weight is 433 g/mol. The van der Waals surface area contributed by atoms with Gasteiger partial charge in [-0.15, -0.1) is 0 Å². The first kappa shape index (κ1) is 18.7. The van der Waals surface area contributed by atoms with Crippen LogP contribution in [0, 0.1) is 6.92 Å². The van der Waals surface area contributed by atoms with Gasteiger partial charge < -0.3 is 10.1 Å². The van der Waals surface area contributed by atoms with Crippen molar-refractivity contribution in [2.75, 3.05) is 12.4 Å². The summed E-state index contributed by atoms with van der Waals surface area (Å²) in [7, 11) is 1.61. The minimum atomic E-state index is -0.378. The van der Waals surface area contributed by atoms with Crippen molar-refractivity contribution in [3.63, 3.8) is 0 Å². The topological polar surface area (TPSA) is 69.0 Å². The number of rotatable bonds is 4. The van der Waals surface area contributed by atoms with Gasteiger partial charge in [0.25, 0.3) is 5.91 Å². The number of hydrogen-bond acceptors (Lipinski definition) is 5. The number of carbonyl (C=O) groups is 1. The maximum absolute atomic E-state index is 12.7. The van der Waals surface area contributed by atoms with Crippen LogP contribution in [0.1, 0.15) is 16.1 Å². The van der Waals surface area contributed by atoms with Crippen LogP contribution in [-0.2, 0) is 0 Å². The van der Waals surface area contributed by atoms with E-state index in [1.54, 1.807) is 30.0 Å². The number of nitrogens with one attached hydrogen (secondary N) is 1. The van der Waals surface area contributed by atoms with Crippen molar-refractivity contribution >= 4 is 56.5 Å². The molecule has 142 valence electrons. The first-order valence-corrected chi connectivity index (χ1v) is 9.80. The van der Waals surface area contributed by atoms with E-state index in [1.165, 1.54) is 17.4 Å². The van der Waals surface area contributed by atoms with Crippen molar-refractivity contribution in [1.82, 2.24) is 14.8 Å². The number of amides is 1. The molecule has 0 aliphatic carbocycles. The fourth-order valence-corrected chi connectivity index (χ4v) is 3.99. The van der Waals surface area contributed by atoms with Gasteiger partial charge in [-0.1, -0.05) is 34.5 Å². The monoisotopic (exact) mass is 432 g/mol. The number of halogens is 2. The zero-order chi connectivity index (χ0) is 19.8. The lowest BCUT2D eigenvalue weighted by Gasteiger charge is -2.08. The number of nitrogens with zero attached hydrogens (tertiary/aromatic N) is 3. The predicted octanol–water partition coefficient (Wildman–Crippen LogP) is 5.36. The molecule has 0 saturated heterocycles. The van der Waals surface area contributed by atoms with Crippen molar-refractivity contribution in [3.05, 3.63) is 63.8 Å². The molecule has 0 unspecified atom stereocenters. The van der Waals surface area contributed by atoms with E-state index in [-0.39, 0.29) is 11.5 Å². The third-order valence-electron chi connectivity index (χ3n) is 4.01. The fraction of sp³-hybridized carbons (Fsp3) is 0.105. The van der Waals surface area contributed by atoms with Gasteiger partial charge in [0.1, 0.15) is 11.6 Å². The SMILES string of the molecule is COc1ccc2sc(-n3nc(C)cc3NC(=O)c3cc(Cl)ccc3Cl)nc2c1. The van der Waals surface area contributed by atoms with E-state index < -0.39 is 0 Å². The van der Waals surface area contributed by atoms with Crippen molar-refractivity contribution in [2.45, 2.75) is 6.92 Å². The van der Waals surface area contributed by atoms with Crippen molar-refractivity contribution < 1.29 is 9.53 Å². The van der Waals surface area contributed by atoms with E-state index >= 15 is 0 Å². The molecule has 0 aliphatic rings. The number of aromatic nitrogens is 3. The molecule has 2 heterocycles. The minimum absolute atomic E-state index is 0.286. The Hall–Kier alpha value is -2.61. The number of carbonyl (C=O) groups excluding carboxylic acids is 1. The summed E-state index contributed by atoms with van der Waals surface area (Å²) in [5.74, 6) is 0.839. The lowest BCUT2D eigenvalue weighted by Crippen LogP contribution is -2.15. The van der Waals surface area contributed by atoms with Gasteiger partial charge in [-0.25, -0.2) is 4.98 Å². The summed E-state index contributed by atoms with van der Waals surface area (Å²) < 4.78 is 7.83. The lowest BCUT2D eigenvalue weighted by molar-refractivity contribution is 0.102. The van der Waals surface area contributed by atoms with Gasteiger partial charge in [-0.05, 0) is 37.3 Å². The highest BCUT2D eigenvalue weighted by Crippen LogP contribution is 2.30. The highest BCUT2D eigenvalue weighted by molar-refractivity contribution is 7.20. The second-order valence-corrected chi connectivity index (χ2v) is 7.84. The van der Waals surface area contributed by atoms with Gasteiger partial charge in [0.15, 0.2) is 0 Å². The van der Waals surface area contributed by atoms with E-state index in [9.17, 15) is 4.79 Å². The molecule has 0 atom stereocenters. The van der Waals surface area contributed by atoms with Gasteiger partial charge >= 0.3 is 0 Å². The summed E-state index contributed by atoms with van der Waals surface area (Å²) in [6.07, 6.45) is 0. The van der Waals surface area contributed by atoms with Gasteiger partial charge in [0.2, 0.25) is 5.13 Å². The van der Waals surface area contributed by atoms with Gasteiger partial charge in [0, 0.05) is 17.2 Å². The molecule has 2 aromatic heterocycles. The molecule has 0 spiro atoms. The average Bonchev–Trinajstić information content (AvgIpc) is 3.25. The standard InChI is InChI=1S/C19H14Cl2N4O2S/c1-10-7-17(23-18(26)13-8-11(20)3-5-14(13)21)25(24-10)19-22-15-9-12(27-2)4-6-16(15)28-19/h3-9H,1-2H3,(H,23,26). The van der Waals surface area contributed by atoms with Gasteiger partial charge in [0.05, 0.1) is 33.6 Å². The van der Waals surface area contributed by atoms with Crippen LogP contribution in [0.15, 0.2) is 42.5 Å². The zero-order valence-corrected chi connectivity index (χ0v) is 17.2. The Labute approximate surface area is 174 Å². The maximum atomic E-state index is 12.7. The van der Waals surface area contributed by atoms with Crippen LogP contribution in [0.4, 0.5) is 5.82 Å². The smallest absolute Gasteiger partial charge is 0.258 e. The molecule has 0 fully saturated rings. The highest BCUT2D eigenvalue weighted by atomic mass is 35.5. The molecule has 2 aromatic carbocycles.